The van der Waals surface area contributed by atoms with Crippen LogP contribution in [0.3, 0.4) is 0 Å². The summed E-state index contributed by atoms with van der Waals surface area (Å²) < 4.78 is 32.8. The van der Waals surface area contributed by atoms with Gasteiger partial charge < -0.3 is 24.6 Å². The van der Waals surface area contributed by atoms with Gasteiger partial charge in [0.1, 0.15) is 12.7 Å². The van der Waals surface area contributed by atoms with Gasteiger partial charge in [0.25, 0.3) is 0 Å². The number of carbonyl (C=O) groups excluding carboxylic acids is 2. The highest BCUT2D eigenvalue weighted by molar-refractivity contribution is 7.47. The lowest BCUT2D eigenvalue weighted by molar-refractivity contribution is -0.161. The van der Waals surface area contributed by atoms with Crippen LogP contribution in [0.1, 0.15) is 232 Å². The van der Waals surface area contributed by atoms with Crippen molar-refractivity contribution in [2.75, 3.05) is 26.4 Å². The van der Waals surface area contributed by atoms with Crippen molar-refractivity contribution < 1.29 is 47.8 Å². The van der Waals surface area contributed by atoms with Gasteiger partial charge >= 0.3 is 19.8 Å². The molecule has 0 aromatic carbocycles. The summed E-state index contributed by atoms with van der Waals surface area (Å²) in [6.45, 7) is 2.33. The Hall–Kier alpha value is -2.07. The number of unbranched alkanes of at least 4 members (excludes halogenated alkanes) is 26. The Kier molecular flexibility index (Phi) is 46.3. The number of carbonyl (C=O) groups is 2. The molecule has 0 aromatic rings. The van der Waals surface area contributed by atoms with Crippen molar-refractivity contribution in [3.8, 4) is 0 Å². The van der Waals surface area contributed by atoms with Crippen LogP contribution in [0, 0.1) is 0 Å². The molecule has 0 amide bonds. The molecular weight excluding hydrogens is 816 g/mol. The predicted molar refractivity (Wildman–Crippen MR) is 261 cm³/mol. The largest absolute Gasteiger partial charge is 0.472 e. The molecule has 0 aromatic heterocycles. The fourth-order valence-corrected chi connectivity index (χ4v) is 7.80. The van der Waals surface area contributed by atoms with E-state index in [9.17, 15) is 24.2 Å². The number of aliphatic hydroxyl groups is 2. The Morgan fingerprint density at radius 3 is 1.33 bits per heavy atom. The Bertz CT molecular complexity index is 1190. The third-order valence-electron chi connectivity index (χ3n) is 11.0. The zero-order valence-corrected chi connectivity index (χ0v) is 41.2. The molecule has 0 rings (SSSR count). The average molecular weight is 911 g/mol. The van der Waals surface area contributed by atoms with Crippen molar-refractivity contribution >= 4 is 19.8 Å². The molecule has 0 bridgehead atoms. The molecule has 0 fully saturated rings. The topological polar surface area (TPSA) is 149 Å². The molecule has 0 aliphatic heterocycles. The molecule has 0 heterocycles. The molecule has 63 heavy (non-hydrogen) atoms. The number of aliphatic hydroxyl groups excluding tert-OH is 2. The third-order valence-corrected chi connectivity index (χ3v) is 11.9. The number of allylic oxidation sites excluding steroid dienone is 8. The first-order valence-corrected chi connectivity index (χ1v) is 27.1. The number of phosphoric ester groups is 1. The van der Waals surface area contributed by atoms with Crippen LogP contribution < -0.4 is 0 Å². The minimum absolute atomic E-state index is 0.153. The van der Waals surface area contributed by atoms with E-state index in [0.29, 0.717) is 12.8 Å². The zero-order valence-electron chi connectivity index (χ0n) is 40.3. The van der Waals surface area contributed by atoms with Crippen LogP contribution in [-0.4, -0.2) is 65.7 Å². The van der Waals surface area contributed by atoms with Crippen LogP contribution in [-0.2, 0) is 32.7 Å². The first kappa shape index (κ1) is 60.9. The smallest absolute Gasteiger partial charge is 0.462 e. The van der Waals surface area contributed by atoms with Crippen molar-refractivity contribution in [1.29, 1.82) is 0 Å². The van der Waals surface area contributed by atoms with E-state index in [1.54, 1.807) is 0 Å². The van der Waals surface area contributed by atoms with Crippen LogP contribution in [0.25, 0.3) is 0 Å². The van der Waals surface area contributed by atoms with Crippen molar-refractivity contribution in [2.24, 2.45) is 0 Å². The minimum atomic E-state index is -4.64. The Morgan fingerprint density at radius 2 is 0.841 bits per heavy atom. The lowest BCUT2D eigenvalue weighted by Crippen LogP contribution is -2.29. The highest BCUT2D eigenvalue weighted by atomic mass is 31.2. The maximum atomic E-state index is 12.7. The minimum Gasteiger partial charge on any atom is -0.462 e. The van der Waals surface area contributed by atoms with E-state index in [1.165, 1.54) is 141 Å². The SMILES string of the molecule is CCCCC/C=C/C/C=C/C/C=C/CCCCCCC(=O)O[C@@H](COC(=O)CCC/C=C/CCCCCCCCCCCCCCCCCCCC)COP(=O)(O)OC[C@H](O)CO. The van der Waals surface area contributed by atoms with Gasteiger partial charge in [-0.1, -0.05) is 197 Å². The zero-order chi connectivity index (χ0) is 46.2. The Morgan fingerprint density at radius 1 is 0.476 bits per heavy atom. The number of ether oxygens (including phenoxy) is 2. The van der Waals surface area contributed by atoms with Gasteiger partial charge in [-0.25, -0.2) is 4.57 Å². The second-order valence-electron chi connectivity index (χ2n) is 17.2. The quantitative estimate of drug-likeness (QED) is 0.0233. The molecule has 0 spiro atoms. The van der Waals surface area contributed by atoms with E-state index in [2.05, 4.69) is 62.5 Å². The van der Waals surface area contributed by atoms with Gasteiger partial charge in [0.15, 0.2) is 6.10 Å². The van der Waals surface area contributed by atoms with Crippen molar-refractivity contribution in [3.05, 3.63) is 48.6 Å². The molecule has 0 radical (unpaired) electrons. The molecule has 3 N–H and O–H groups in total. The summed E-state index contributed by atoms with van der Waals surface area (Å²) >= 11 is 0. The second kappa shape index (κ2) is 47.9. The van der Waals surface area contributed by atoms with Gasteiger partial charge in [-0.15, -0.1) is 0 Å². The molecule has 0 aliphatic carbocycles. The summed E-state index contributed by atoms with van der Waals surface area (Å²) in [5.74, 6) is -0.982. The Balaban J connectivity index is 4.21. The summed E-state index contributed by atoms with van der Waals surface area (Å²) in [4.78, 5) is 35.1. The molecular formula is C52H95O10P. The monoisotopic (exact) mass is 911 g/mol. The van der Waals surface area contributed by atoms with Crippen LogP contribution in [0.15, 0.2) is 48.6 Å². The summed E-state index contributed by atoms with van der Waals surface area (Å²) in [6, 6.07) is 0. The van der Waals surface area contributed by atoms with Crippen LogP contribution in [0.5, 0.6) is 0 Å². The number of phosphoric acid groups is 1. The molecule has 368 valence electrons. The van der Waals surface area contributed by atoms with Crippen molar-refractivity contribution in [3.63, 3.8) is 0 Å². The van der Waals surface area contributed by atoms with Crippen LogP contribution >= 0.6 is 7.82 Å². The standard InChI is InChI=1S/C52H95O10P/c1-3-5-7-9-11-13-15-17-19-21-22-23-24-25-26-28-29-31-33-35-37-39-41-43-51(55)59-47-50(48-61-63(57,58)60-46-49(54)45-53)62-52(56)44-42-40-38-36-34-32-30-27-20-18-16-14-12-10-8-6-4-2/h12,14,18,20,30,32,35,37,49-50,53-54H,3-11,13,15-17,19,21-29,31,33-34,36,38-48H2,1-2H3,(H,57,58)/b14-12+,20-18+,32-30+,37-35+/t49-,50+/m1/s1. The van der Waals surface area contributed by atoms with Crippen molar-refractivity contribution in [1.82, 2.24) is 0 Å². The van der Waals surface area contributed by atoms with Crippen LogP contribution in [0.4, 0.5) is 0 Å². The van der Waals surface area contributed by atoms with Gasteiger partial charge in [0, 0.05) is 12.8 Å². The molecule has 10 nitrogen and oxygen atoms in total. The Labute approximate surface area is 385 Å². The molecule has 1 unspecified atom stereocenters. The third kappa shape index (κ3) is 47.7. The highest BCUT2D eigenvalue weighted by Crippen LogP contribution is 2.43. The van der Waals surface area contributed by atoms with E-state index in [0.717, 1.165) is 51.4 Å². The van der Waals surface area contributed by atoms with E-state index in [1.807, 2.05) is 0 Å². The van der Waals surface area contributed by atoms with E-state index in [4.69, 9.17) is 23.6 Å². The second-order valence-corrected chi connectivity index (χ2v) is 18.6. The van der Waals surface area contributed by atoms with Crippen LogP contribution in [0.2, 0.25) is 0 Å². The fourth-order valence-electron chi connectivity index (χ4n) is 7.01. The number of hydrogen-bond acceptors (Lipinski definition) is 9. The van der Waals surface area contributed by atoms with E-state index >= 15 is 0 Å². The molecule has 11 heteroatoms. The maximum Gasteiger partial charge on any atom is 0.472 e. The summed E-state index contributed by atoms with van der Waals surface area (Å²) in [5, 5.41) is 18.4. The first-order chi connectivity index (χ1) is 30.7. The average Bonchev–Trinajstić information content (AvgIpc) is 3.27. The van der Waals surface area contributed by atoms with Gasteiger partial charge in [0.05, 0.1) is 19.8 Å². The van der Waals surface area contributed by atoms with E-state index < -0.39 is 51.8 Å². The lowest BCUT2D eigenvalue weighted by atomic mass is 10.0. The number of hydrogen-bond donors (Lipinski definition) is 3. The summed E-state index contributed by atoms with van der Waals surface area (Å²) in [5.41, 5.74) is 0. The molecule has 3 atom stereocenters. The van der Waals surface area contributed by atoms with Gasteiger partial charge in [0.2, 0.25) is 0 Å². The maximum absolute atomic E-state index is 12.7. The molecule has 0 saturated heterocycles. The van der Waals surface area contributed by atoms with Crippen molar-refractivity contribution in [2.45, 2.75) is 244 Å². The highest BCUT2D eigenvalue weighted by Gasteiger charge is 2.27. The van der Waals surface area contributed by atoms with Gasteiger partial charge in [-0.05, 0) is 70.6 Å². The molecule has 0 aliphatic rings. The summed E-state index contributed by atoms with van der Waals surface area (Å²) in [7, 11) is -4.64. The predicted octanol–water partition coefficient (Wildman–Crippen LogP) is 14.5. The van der Waals surface area contributed by atoms with Gasteiger partial charge in [-0.3, -0.25) is 18.6 Å². The van der Waals surface area contributed by atoms with Gasteiger partial charge in [-0.2, -0.15) is 0 Å². The van der Waals surface area contributed by atoms with E-state index in [-0.39, 0.29) is 19.4 Å². The lowest BCUT2D eigenvalue weighted by Gasteiger charge is -2.20. The first-order valence-electron chi connectivity index (χ1n) is 25.6. The normalized spacial score (nSPS) is 14.0. The number of esters is 2. The number of rotatable bonds is 48. The molecule has 0 saturated carbocycles. The fraction of sp³-hybridized carbons (Fsp3) is 0.808. The summed E-state index contributed by atoms with van der Waals surface area (Å²) in [6.07, 6.45) is 53.8.